The van der Waals surface area contributed by atoms with E-state index in [4.69, 9.17) is 14.2 Å². The maximum atomic E-state index is 12.0. The molecule has 1 aromatic rings. The summed E-state index contributed by atoms with van der Waals surface area (Å²) in [5.41, 5.74) is -0.406. The van der Waals surface area contributed by atoms with E-state index in [9.17, 15) is 14.4 Å². The number of unbranched alkanes of at least 4 members (excludes halogenated alkanes) is 1. The zero-order valence-corrected chi connectivity index (χ0v) is 15.9. The summed E-state index contributed by atoms with van der Waals surface area (Å²) in [7, 11) is 2.45. The highest BCUT2D eigenvalue weighted by molar-refractivity contribution is 6.05. The van der Waals surface area contributed by atoms with Crippen LogP contribution < -0.4 is 4.74 Å². The van der Waals surface area contributed by atoms with E-state index < -0.39 is 17.5 Å². The average Bonchev–Trinajstić information content (AvgIpc) is 2.58. The molecule has 0 aromatic heterocycles. The molecular weight excluding hydrogens is 340 g/mol. The fourth-order valence-corrected chi connectivity index (χ4v) is 2.19. The van der Waals surface area contributed by atoms with Gasteiger partial charge >= 0.3 is 17.9 Å². The van der Waals surface area contributed by atoms with Crippen molar-refractivity contribution in [2.45, 2.75) is 45.6 Å². The highest BCUT2D eigenvalue weighted by Gasteiger charge is 2.23. The van der Waals surface area contributed by atoms with Crippen LogP contribution >= 0.6 is 0 Å². The van der Waals surface area contributed by atoms with Crippen LogP contribution in [0.5, 0.6) is 5.75 Å². The van der Waals surface area contributed by atoms with Gasteiger partial charge in [0, 0.05) is 6.42 Å². The number of carbonyl (C=O) groups excluding carboxylic acids is 3. The fourth-order valence-electron chi connectivity index (χ4n) is 2.19. The Morgan fingerprint density at radius 2 is 1.62 bits per heavy atom. The number of rotatable bonds is 8. The third-order valence-electron chi connectivity index (χ3n) is 3.27. The summed E-state index contributed by atoms with van der Waals surface area (Å²) in [5, 5.41) is 0. The van der Waals surface area contributed by atoms with Crippen LogP contribution in [-0.4, -0.2) is 44.3 Å². The lowest BCUT2D eigenvalue weighted by Crippen LogP contribution is -2.23. The largest absolute Gasteiger partial charge is 0.493 e. The highest BCUT2D eigenvalue weighted by Crippen LogP contribution is 2.24. The lowest BCUT2D eigenvalue weighted by atomic mass is 10.1. The molecule has 0 radical (unpaired) electrons. The first-order valence-corrected chi connectivity index (χ1v) is 8.34. The minimum Gasteiger partial charge on any atom is -0.493 e. The summed E-state index contributed by atoms with van der Waals surface area (Å²) in [6, 6.07) is 4.63. The Bertz CT molecular complexity index is 644. The number of benzene rings is 1. The van der Waals surface area contributed by atoms with Crippen molar-refractivity contribution in [3.05, 3.63) is 29.3 Å². The molecule has 144 valence electrons. The summed E-state index contributed by atoms with van der Waals surface area (Å²) >= 11 is 0. The van der Waals surface area contributed by atoms with Gasteiger partial charge in [-0.05, 0) is 45.7 Å². The summed E-state index contributed by atoms with van der Waals surface area (Å²) in [6.45, 7) is 5.72. The molecule has 0 bridgehead atoms. The van der Waals surface area contributed by atoms with Gasteiger partial charge in [0.2, 0.25) is 0 Å². The van der Waals surface area contributed by atoms with Gasteiger partial charge in [0.15, 0.2) is 0 Å². The molecule has 7 heteroatoms. The summed E-state index contributed by atoms with van der Waals surface area (Å²) < 4.78 is 20.3. The van der Waals surface area contributed by atoms with Gasteiger partial charge in [0.25, 0.3) is 0 Å². The van der Waals surface area contributed by atoms with E-state index in [1.54, 1.807) is 12.1 Å². The smallest absolute Gasteiger partial charge is 0.342 e. The summed E-state index contributed by atoms with van der Waals surface area (Å²) in [5.74, 6) is -1.37. The molecule has 0 N–H and O–H groups in total. The summed E-state index contributed by atoms with van der Waals surface area (Å²) in [6.07, 6.45) is 1.45. The van der Waals surface area contributed by atoms with Gasteiger partial charge < -0.3 is 18.9 Å². The molecule has 0 atom stereocenters. The first-order chi connectivity index (χ1) is 12.2. The van der Waals surface area contributed by atoms with E-state index in [1.165, 1.54) is 20.3 Å². The standard InChI is InChI=1S/C19H26O7/c1-19(2,3)26-15(20)11-6-7-12-25-14-10-8-9-13(17(21)23-4)16(14)18(22)24-5/h8-10H,6-7,11-12H2,1-5H3. The number of carbonyl (C=O) groups is 3. The second kappa shape index (κ2) is 9.79. The Kier molecular flexibility index (Phi) is 8.09. The molecule has 0 fully saturated rings. The van der Waals surface area contributed by atoms with Crippen molar-refractivity contribution in [3.8, 4) is 5.75 Å². The van der Waals surface area contributed by atoms with Crippen molar-refractivity contribution in [1.82, 2.24) is 0 Å². The first kappa shape index (κ1) is 21.5. The van der Waals surface area contributed by atoms with Crippen LogP contribution in [0.2, 0.25) is 0 Å². The van der Waals surface area contributed by atoms with Crippen molar-refractivity contribution < 1.29 is 33.3 Å². The SMILES string of the molecule is COC(=O)c1cccc(OCCCCC(=O)OC(C)(C)C)c1C(=O)OC. The molecule has 1 rings (SSSR count). The van der Waals surface area contributed by atoms with Crippen molar-refractivity contribution in [1.29, 1.82) is 0 Å². The van der Waals surface area contributed by atoms with Crippen LogP contribution in [0.1, 0.15) is 60.7 Å². The molecule has 0 saturated heterocycles. The lowest BCUT2D eigenvalue weighted by Gasteiger charge is -2.19. The number of esters is 3. The Hall–Kier alpha value is -2.57. The van der Waals surface area contributed by atoms with Crippen LogP contribution in [0.15, 0.2) is 18.2 Å². The van der Waals surface area contributed by atoms with E-state index in [-0.39, 0.29) is 35.9 Å². The molecule has 1 aromatic carbocycles. The van der Waals surface area contributed by atoms with Gasteiger partial charge in [-0.2, -0.15) is 0 Å². The molecule has 0 aliphatic rings. The molecule has 0 unspecified atom stereocenters. The third-order valence-corrected chi connectivity index (χ3v) is 3.27. The molecule has 0 spiro atoms. The third kappa shape index (κ3) is 6.74. The second-order valence-corrected chi connectivity index (χ2v) is 6.55. The van der Waals surface area contributed by atoms with Gasteiger partial charge in [-0.1, -0.05) is 6.07 Å². The predicted octanol–water partition coefficient (Wildman–Crippen LogP) is 3.15. The number of hydrogen-bond donors (Lipinski definition) is 0. The van der Waals surface area contributed by atoms with Gasteiger partial charge in [-0.15, -0.1) is 0 Å². The number of methoxy groups -OCH3 is 2. The lowest BCUT2D eigenvalue weighted by molar-refractivity contribution is -0.154. The first-order valence-electron chi connectivity index (χ1n) is 8.34. The average molecular weight is 366 g/mol. The van der Waals surface area contributed by atoms with Crippen LogP contribution in [0.25, 0.3) is 0 Å². The quantitative estimate of drug-likeness (QED) is 0.397. The molecule has 0 aliphatic heterocycles. The summed E-state index contributed by atoms with van der Waals surface area (Å²) in [4.78, 5) is 35.5. The van der Waals surface area contributed by atoms with Gasteiger partial charge in [0.05, 0.1) is 26.4 Å². The molecule has 0 saturated carbocycles. The topological polar surface area (TPSA) is 88.1 Å². The van der Waals surface area contributed by atoms with Crippen LogP contribution in [0, 0.1) is 0 Å². The maximum absolute atomic E-state index is 12.0. The molecule has 7 nitrogen and oxygen atoms in total. The zero-order valence-electron chi connectivity index (χ0n) is 15.9. The monoisotopic (exact) mass is 366 g/mol. The second-order valence-electron chi connectivity index (χ2n) is 6.55. The minimum absolute atomic E-state index is 0.0222. The van der Waals surface area contributed by atoms with Crippen molar-refractivity contribution in [3.63, 3.8) is 0 Å². The highest BCUT2D eigenvalue weighted by atomic mass is 16.6. The van der Waals surface area contributed by atoms with Crippen molar-refractivity contribution in [2.75, 3.05) is 20.8 Å². The molecule has 0 amide bonds. The minimum atomic E-state index is -0.685. The number of ether oxygens (including phenoxy) is 4. The number of hydrogen-bond acceptors (Lipinski definition) is 7. The Morgan fingerprint density at radius 3 is 2.19 bits per heavy atom. The predicted molar refractivity (Wildman–Crippen MR) is 94.3 cm³/mol. The van der Waals surface area contributed by atoms with Crippen molar-refractivity contribution >= 4 is 17.9 Å². The van der Waals surface area contributed by atoms with Gasteiger partial charge in [-0.25, -0.2) is 9.59 Å². The van der Waals surface area contributed by atoms with Gasteiger partial charge in [0.1, 0.15) is 16.9 Å². The maximum Gasteiger partial charge on any atom is 0.342 e. The van der Waals surface area contributed by atoms with Crippen LogP contribution in [0.3, 0.4) is 0 Å². The molecule has 0 aliphatic carbocycles. The van der Waals surface area contributed by atoms with Crippen LogP contribution in [0.4, 0.5) is 0 Å². The van der Waals surface area contributed by atoms with Crippen molar-refractivity contribution in [2.24, 2.45) is 0 Å². The molecule has 0 heterocycles. The Morgan fingerprint density at radius 1 is 0.962 bits per heavy atom. The van der Waals surface area contributed by atoms with E-state index in [0.29, 0.717) is 12.8 Å². The van der Waals surface area contributed by atoms with Crippen LogP contribution in [-0.2, 0) is 19.0 Å². The van der Waals surface area contributed by atoms with E-state index in [1.807, 2.05) is 20.8 Å². The fraction of sp³-hybridized carbons (Fsp3) is 0.526. The van der Waals surface area contributed by atoms with E-state index in [2.05, 4.69) is 4.74 Å². The molecule has 26 heavy (non-hydrogen) atoms. The normalized spacial score (nSPS) is 10.8. The van der Waals surface area contributed by atoms with E-state index in [0.717, 1.165) is 0 Å². The van der Waals surface area contributed by atoms with E-state index >= 15 is 0 Å². The van der Waals surface area contributed by atoms with Gasteiger partial charge in [-0.3, -0.25) is 4.79 Å². The Labute approximate surface area is 153 Å². The molecular formula is C19H26O7. The zero-order chi connectivity index (χ0) is 19.7. The Balaban J connectivity index is 2.66.